The Morgan fingerprint density at radius 2 is 2.12 bits per heavy atom. The van der Waals surface area contributed by atoms with Gasteiger partial charge in [0, 0.05) is 23.9 Å². The molecule has 4 heteroatoms. The maximum atomic E-state index is 12.0. The molecule has 0 spiro atoms. The zero-order valence-electron chi connectivity index (χ0n) is 9.55. The topological polar surface area (TPSA) is 68.9 Å². The number of Topliss-reactive ketones (excluding diaryl/α,β-unsaturated/α-hetero) is 1. The van der Waals surface area contributed by atoms with E-state index in [0.29, 0.717) is 11.5 Å². The van der Waals surface area contributed by atoms with Crippen molar-refractivity contribution < 1.29 is 4.79 Å². The molecule has 2 heterocycles. The third-order valence-electron chi connectivity index (χ3n) is 2.45. The van der Waals surface area contributed by atoms with E-state index in [1.165, 1.54) is 0 Å². The van der Waals surface area contributed by atoms with Crippen molar-refractivity contribution in [2.75, 3.05) is 5.73 Å². The van der Waals surface area contributed by atoms with Gasteiger partial charge in [-0.1, -0.05) is 12.1 Å². The third kappa shape index (κ3) is 2.66. The van der Waals surface area contributed by atoms with E-state index in [1.54, 1.807) is 24.4 Å². The number of rotatable bonds is 3. The number of nitrogen functional groups attached to an aromatic ring is 1. The highest BCUT2D eigenvalue weighted by Gasteiger charge is 2.10. The van der Waals surface area contributed by atoms with E-state index < -0.39 is 0 Å². The molecule has 0 radical (unpaired) electrons. The first-order valence-electron chi connectivity index (χ1n) is 5.33. The Hall–Kier alpha value is -2.23. The van der Waals surface area contributed by atoms with Gasteiger partial charge in [-0.05, 0) is 25.1 Å². The van der Waals surface area contributed by atoms with Crippen LogP contribution in [0.4, 0.5) is 5.82 Å². The SMILES string of the molecule is Cc1cccc(C(=O)Cc2cccnc2N)n1. The summed E-state index contributed by atoms with van der Waals surface area (Å²) >= 11 is 0. The molecule has 0 saturated heterocycles. The first kappa shape index (κ1) is 11.3. The number of hydrogen-bond donors (Lipinski definition) is 1. The molecule has 86 valence electrons. The summed E-state index contributed by atoms with van der Waals surface area (Å²) < 4.78 is 0. The minimum absolute atomic E-state index is 0.0478. The van der Waals surface area contributed by atoms with Crippen LogP contribution in [0.2, 0.25) is 0 Å². The summed E-state index contributed by atoms with van der Waals surface area (Å²) in [7, 11) is 0. The highest BCUT2D eigenvalue weighted by molar-refractivity contribution is 5.96. The third-order valence-corrected chi connectivity index (χ3v) is 2.45. The molecule has 0 aliphatic rings. The van der Waals surface area contributed by atoms with Crippen molar-refractivity contribution in [3.8, 4) is 0 Å². The van der Waals surface area contributed by atoms with Crippen LogP contribution >= 0.6 is 0 Å². The Kier molecular flexibility index (Phi) is 3.14. The highest BCUT2D eigenvalue weighted by atomic mass is 16.1. The monoisotopic (exact) mass is 227 g/mol. The van der Waals surface area contributed by atoms with Gasteiger partial charge in [-0.25, -0.2) is 4.98 Å². The van der Waals surface area contributed by atoms with Gasteiger partial charge in [-0.15, -0.1) is 0 Å². The fourth-order valence-corrected chi connectivity index (χ4v) is 1.56. The van der Waals surface area contributed by atoms with Crippen LogP contribution in [0.15, 0.2) is 36.5 Å². The van der Waals surface area contributed by atoms with Crippen LogP contribution in [0.3, 0.4) is 0 Å². The van der Waals surface area contributed by atoms with Gasteiger partial charge in [-0.3, -0.25) is 9.78 Å². The van der Waals surface area contributed by atoms with Crippen molar-refractivity contribution in [3.63, 3.8) is 0 Å². The molecule has 0 aliphatic carbocycles. The van der Waals surface area contributed by atoms with Crippen LogP contribution in [0.5, 0.6) is 0 Å². The lowest BCUT2D eigenvalue weighted by molar-refractivity contribution is 0.0988. The highest BCUT2D eigenvalue weighted by Crippen LogP contribution is 2.11. The summed E-state index contributed by atoms with van der Waals surface area (Å²) in [6.07, 6.45) is 1.84. The van der Waals surface area contributed by atoms with E-state index >= 15 is 0 Å². The van der Waals surface area contributed by atoms with E-state index in [9.17, 15) is 4.79 Å². The quantitative estimate of drug-likeness (QED) is 0.812. The molecule has 0 amide bonds. The van der Waals surface area contributed by atoms with E-state index in [4.69, 9.17) is 5.73 Å². The number of nitrogens with two attached hydrogens (primary N) is 1. The Bertz CT molecular complexity index is 552. The molecule has 2 N–H and O–H groups in total. The summed E-state index contributed by atoms with van der Waals surface area (Å²) in [5.41, 5.74) is 7.72. The number of pyridine rings is 2. The molecule has 0 saturated carbocycles. The van der Waals surface area contributed by atoms with E-state index in [1.807, 2.05) is 19.1 Å². The lowest BCUT2D eigenvalue weighted by atomic mass is 10.1. The molecule has 0 fully saturated rings. The molecular formula is C13H13N3O. The van der Waals surface area contributed by atoms with E-state index in [0.717, 1.165) is 11.3 Å². The van der Waals surface area contributed by atoms with Crippen molar-refractivity contribution in [3.05, 3.63) is 53.5 Å². The molecule has 2 rings (SSSR count). The Morgan fingerprint density at radius 3 is 2.82 bits per heavy atom. The number of nitrogens with zero attached hydrogens (tertiary/aromatic N) is 2. The first-order chi connectivity index (χ1) is 8.16. The summed E-state index contributed by atoms with van der Waals surface area (Å²) in [6, 6.07) is 8.96. The van der Waals surface area contributed by atoms with Gasteiger partial charge in [0.15, 0.2) is 5.78 Å². The molecule has 17 heavy (non-hydrogen) atoms. The van der Waals surface area contributed by atoms with Crippen LogP contribution in [-0.2, 0) is 6.42 Å². The van der Waals surface area contributed by atoms with Crippen molar-refractivity contribution in [1.29, 1.82) is 0 Å². The zero-order chi connectivity index (χ0) is 12.3. The molecule has 4 nitrogen and oxygen atoms in total. The predicted molar refractivity (Wildman–Crippen MR) is 65.7 cm³/mol. The van der Waals surface area contributed by atoms with Crippen LogP contribution in [-0.4, -0.2) is 15.8 Å². The fraction of sp³-hybridized carbons (Fsp3) is 0.154. The summed E-state index contributed by atoms with van der Waals surface area (Å²) in [4.78, 5) is 20.1. The van der Waals surface area contributed by atoms with Gasteiger partial charge in [-0.2, -0.15) is 0 Å². The Labute approximate surface area is 99.5 Å². The molecule has 2 aromatic heterocycles. The standard InChI is InChI=1S/C13H13N3O/c1-9-4-2-6-11(16-9)12(17)8-10-5-3-7-15-13(10)14/h2-7H,8H2,1H3,(H2,14,15). The molecule has 0 unspecified atom stereocenters. The van der Waals surface area contributed by atoms with Crippen molar-refractivity contribution in [1.82, 2.24) is 9.97 Å². The predicted octanol–water partition coefficient (Wildman–Crippen LogP) is 1.79. The molecule has 0 aromatic carbocycles. The van der Waals surface area contributed by atoms with E-state index in [-0.39, 0.29) is 12.2 Å². The lowest BCUT2D eigenvalue weighted by Crippen LogP contribution is -2.08. The van der Waals surface area contributed by atoms with Gasteiger partial charge in [0.25, 0.3) is 0 Å². The van der Waals surface area contributed by atoms with Gasteiger partial charge >= 0.3 is 0 Å². The summed E-state index contributed by atoms with van der Waals surface area (Å²) in [5.74, 6) is 0.349. The molecular weight excluding hydrogens is 214 g/mol. The van der Waals surface area contributed by atoms with Crippen LogP contribution in [0, 0.1) is 6.92 Å². The number of anilines is 1. The van der Waals surface area contributed by atoms with Crippen molar-refractivity contribution in [2.45, 2.75) is 13.3 Å². The van der Waals surface area contributed by atoms with Gasteiger partial charge in [0.05, 0.1) is 0 Å². The number of carbonyl (C=O) groups is 1. The summed E-state index contributed by atoms with van der Waals surface area (Å²) in [6.45, 7) is 1.86. The van der Waals surface area contributed by atoms with E-state index in [2.05, 4.69) is 9.97 Å². The average Bonchev–Trinajstić information content (AvgIpc) is 2.32. The first-order valence-corrected chi connectivity index (χ1v) is 5.33. The largest absolute Gasteiger partial charge is 0.383 e. The van der Waals surface area contributed by atoms with Crippen LogP contribution in [0.25, 0.3) is 0 Å². The molecule has 0 atom stereocenters. The van der Waals surface area contributed by atoms with Crippen LogP contribution in [0.1, 0.15) is 21.7 Å². The fourth-order valence-electron chi connectivity index (χ4n) is 1.56. The number of carbonyl (C=O) groups excluding carboxylic acids is 1. The number of aromatic nitrogens is 2. The second kappa shape index (κ2) is 4.74. The Morgan fingerprint density at radius 1 is 1.29 bits per heavy atom. The minimum Gasteiger partial charge on any atom is -0.383 e. The van der Waals surface area contributed by atoms with Crippen LogP contribution < -0.4 is 5.73 Å². The average molecular weight is 227 g/mol. The second-order valence-corrected chi connectivity index (χ2v) is 3.81. The summed E-state index contributed by atoms with van der Waals surface area (Å²) in [5, 5.41) is 0. The molecule has 0 aliphatic heterocycles. The van der Waals surface area contributed by atoms with Crippen molar-refractivity contribution in [2.24, 2.45) is 0 Å². The maximum absolute atomic E-state index is 12.0. The Balaban J connectivity index is 2.20. The second-order valence-electron chi connectivity index (χ2n) is 3.81. The normalized spacial score (nSPS) is 10.2. The molecule has 2 aromatic rings. The van der Waals surface area contributed by atoms with Crippen molar-refractivity contribution >= 4 is 11.6 Å². The van der Waals surface area contributed by atoms with Gasteiger partial charge in [0.2, 0.25) is 0 Å². The van der Waals surface area contributed by atoms with Gasteiger partial charge in [0.1, 0.15) is 11.5 Å². The smallest absolute Gasteiger partial charge is 0.185 e. The minimum atomic E-state index is -0.0478. The zero-order valence-corrected chi connectivity index (χ0v) is 9.55. The lowest BCUT2D eigenvalue weighted by Gasteiger charge is -2.03. The number of ketones is 1. The maximum Gasteiger partial charge on any atom is 0.185 e. The number of aryl methyl sites for hydroxylation is 1. The molecule has 0 bridgehead atoms. The number of hydrogen-bond acceptors (Lipinski definition) is 4. The van der Waals surface area contributed by atoms with Gasteiger partial charge < -0.3 is 5.73 Å².